The summed E-state index contributed by atoms with van der Waals surface area (Å²) >= 11 is 7.51. The van der Waals surface area contributed by atoms with Gasteiger partial charge >= 0.3 is 0 Å². The van der Waals surface area contributed by atoms with Crippen molar-refractivity contribution in [2.45, 2.75) is 6.92 Å². The molecule has 25 heavy (non-hydrogen) atoms. The molecule has 5 nitrogen and oxygen atoms in total. The number of nitrogens with zero attached hydrogens (tertiary/aromatic N) is 2. The monoisotopic (exact) mass is 375 g/mol. The molecule has 1 fully saturated rings. The molecule has 2 aromatic rings. The molecule has 0 unspecified atom stereocenters. The second-order valence-electron chi connectivity index (χ2n) is 5.71. The van der Waals surface area contributed by atoms with E-state index in [4.69, 9.17) is 22.9 Å². The lowest BCUT2D eigenvalue weighted by Gasteiger charge is -2.28. The van der Waals surface area contributed by atoms with Crippen LogP contribution in [0.1, 0.15) is 15.2 Å². The summed E-state index contributed by atoms with van der Waals surface area (Å²) in [6.07, 6.45) is 0. The number of halogens is 1. The Labute approximate surface area is 156 Å². The molecule has 0 aliphatic carbocycles. The van der Waals surface area contributed by atoms with Crippen molar-refractivity contribution >= 4 is 39.5 Å². The summed E-state index contributed by atoms with van der Waals surface area (Å²) in [5, 5.41) is 4.18. The molecule has 1 saturated heterocycles. The summed E-state index contributed by atoms with van der Waals surface area (Å²) in [6, 6.07) is 5.59. The van der Waals surface area contributed by atoms with Crippen LogP contribution in [0.5, 0.6) is 0 Å². The molecular formula is C18H18ClN3O2S. The zero-order chi connectivity index (χ0) is 18.0. The minimum atomic E-state index is -0.183. The Morgan fingerprint density at radius 1 is 1.40 bits per heavy atom. The fraction of sp³-hybridized carbons (Fsp3) is 0.333. The van der Waals surface area contributed by atoms with Gasteiger partial charge in [-0.3, -0.25) is 4.79 Å². The average molecular weight is 376 g/mol. The lowest BCUT2D eigenvalue weighted by atomic mass is 10.0. The molecule has 0 atom stereocenters. The van der Waals surface area contributed by atoms with Crippen LogP contribution < -0.4 is 10.2 Å². The number of ether oxygens (including phenoxy) is 1. The van der Waals surface area contributed by atoms with E-state index < -0.39 is 0 Å². The maximum Gasteiger partial charge on any atom is 0.260 e. The van der Waals surface area contributed by atoms with Gasteiger partial charge in [0.1, 0.15) is 0 Å². The molecular weight excluding hydrogens is 358 g/mol. The van der Waals surface area contributed by atoms with Gasteiger partial charge in [-0.05, 0) is 24.1 Å². The van der Waals surface area contributed by atoms with E-state index >= 15 is 0 Å². The largest absolute Gasteiger partial charge is 0.378 e. The summed E-state index contributed by atoms with van der Waals surface area (Å²) < 4.78 is 5.41. The van der Waals surface area contributed by atoms with Crippen molar-refractivity contribution in [1.29, 1.82) is 0 Å². The van der Waals surface area contributed by atoms with Gasteiger partial charge in [0.2, 0.25) is 5.69 Å². The van der Waals surface area contributed by atoms with Gasteiger partial charge in [-0.15, -0.1) is 11.3 Å². The first-order valence-electron chi connectivity index (χ1n) is 7.92. The second kappa shape index (κ2) is 7.44. The molecule has 2 heterocycles. The van der Waals surface area contributed by atoms with E-state index in [9.17, 15) is 4.79 Å². The van der Waals surface area contributed by atoms with Gasteiger partial charge in [-0.25, -0.2) is 4.85 Å². The van der Waals surface area contributed by atoms with Gasteiger partial charge in [-0.2, -0.15) is 0 Å². The molecule has 7 heteroatoms. The van der Waals surface area contributed by atoms with Crippen molar-refractivity contribution in [1.82, 2.24) is 5.32 Å². The van der Waals surface area contributed by atoms with Gasteiger partial charge in [0.25, 0.3) is 5.91 Å². The molecule has 1 aliphatic rings. The van der Waals surface area contributed by atoms with Gasteiger partial charge in [0, 0.05) is 30.7 Å². The highest BCUT2D eigenvalue weighted by atomic mass is 35.5. The first-order valence-corrected chi connectivity index (χ1v) is 9.11. The van der Waals surface area contributed by atoms with E-state index in [1.807, 2.05) is 19.1 Å². The van der Waals surface area contributed by atoms with E-state index in [1.54, 1.807) is 13.1 Å². The number of thiophene rings is 1. The third-order valence-electron chi connectivity index (χ3n) is 4.16. The topological polar surface area (TPSA) is 45.9 Å². The molecule has 3 rings (SSSR count). The number of carbonyl (C=O) groups is 1. The Morgan fingerprint density at radius 2 is 2.12 bits per heavy atom. The molecule has 0 saturated carbocycles. The summed E-state index contributed by atoms with van der Waals surface area (Å²) in [5.74, 6) is -0.183. The first kappa shape index (κ1) is 17.7. The standard InChI is InChI=1S/C18H18ClN3O2S/c1-11-10-12(4-5-13(11)19)14-15(20-2)18(22-6-8-24-9-7-22)25-16(14)17(23)21-3/h4-5,10H,6-9H2,1,3H3,(H,21,23). The average Bonchev–Trinajstić information content (AvgIpc) is 3.03. The van der Waals surface area contributed by atoms with Crippen LogP contribution in [0.4, 0.5) is 10.7 Å². The zero-order valence-corrected chi connectivity index (χ0v) is 15.6. The normalized spacial score (nSPS) is 14.2. The van der Waals surface area contributed by atoms with Crippen molar-refractivity contribution in [3.8, 4) is 11.1 Å². The summed E-state index contributed by atoms with van der Waals surface area (Å²) in [5.41, 5.74) is 2.95. The second-order valence-corrected chi connectivity index (χ2v) is 7.12. The van der Waals surface area contributed by atoms with Crippen LogP contribution in [0.2, 0.25) is 5.02 Å². The Morgan fingerprint density at radius 3 is 2.72 bits per heavy atom. The predicted molar refractivity (Wildman–Crippen MR) is 102 cm³/mol. The predicted octanol–water partition coefficient (Wildman–Crippen LogP) is 4.12. The summed E-state index contributed by atoms with van der Waals surface area (Å²) in [6.45, 7) is 12.3. The van der Waals surface area contributed by atoms with E-state index in [0.717, 1.165) is 29.2 Å². The Kier molecular flexibility index (Phi) is 5.28. The van der Waals surface area contributed by atoms with Crippen LogP contribution in [0.25, 0.3) is 16.0 Å². The van der Waals surface area contributed by atoms with Gasteiger partial charge in [-0.1, -0.05) is 23.7 Å². The molecule has 1 aromatic heterocycles. The first-order chi connectivity index (χ1) is 12.1. The SMILES string of the molecule is [C-]#[N+]c1c(N2CCOCC2)sc(C(=O)NC)c1-c1ccc(Cl)c(C)c1. The smallest absolute Gasteiger partial charge is 0.260 e. The Hall–Kier alpha value is -2.07. The van der Waals surface area contributed by atoms with Crippen LogP contribution in [-0.2, 0) is 4.74 Å². The number of hydrogen-bond donors (Lipinski definition) is 1. The molecule has 1 N–H and O–H groups in total. The van der Waals surface area contributed by atoms with Crippen molar-refractivity contribution in [2.75, 3.05) is 38.3 Å². The lowest BCUT2D eigenvalue weighted by Crippen LogP contribution is -2.35. The summed E-state index contributed by atoms with van der Waals surface area (Å²) in [7, 11) is 1.60. The maximum atomic E-state index is 12.5. The lowest BCUT2D eigenvalue weighted by molar-refractivity contribution is 0.0967. The molecule has 0 radical (unpaired) electrons. The minimum absolute atomic E-state index is 0.183. The Balaban J connectivity index is 2.20. The highest BCUT2D eigenvalue weighted by Crippen LogP contribution is 2.48. The molecule has 130 valence electrons. The number of hydrogen-bond acceptors (Lipinski definition) is 4. The fourth-order valence-corrected chi connectivity index (χ4v) is 4.21. The van der Waals surface area contributed by atoms with Crippen LogP contribution in [0.15, 0.2) is 18.2 Å². The molecule has 1 amide bonds. The number of anilines is 1. The number of carbonyl (C=O) groups excluding carboxylic acids is 1. The van der Waals surface area contributed by atoms with Crippen molar-refractivity contribution in [3.05, 3.63) is 45.1 Å². The summed E-state index contributed by atoms with van der Waals surface area (Å²) in [4.78, 5) is 18.9. The number of aryl methyl sites for hydroxylation is 1. The third kappa shape index (κ3) is 3.36. The van der Waals surface area contributed by atoms with Crippen LogP contribution in [-0.4, -0.2) is 39.3 Å². The highest BCUT2D eigenvalue weighted by molar-refractivity contribution is 7.19. The van der Waals surface area contributed by atoms with E-state index in [2.05, 4.69) is 15.1 Å². The van der Waals surface area contributed by atoms with Crippen molar-refractivity contribution < 1.29 is 9.53 Å². The third-order valence-corrected chi connectivity index (χ3v) is 5.82. The molecule has 1 aromatic carbocycles. The van der Waals surface area contributed by atoms with E-state index in [0.29, 0.717) is 34.4 Å². The minimum Gasteiger partial charge on any atom is -0.378 e. The van der Waals surface area contributed by atoms with Gasteiger partial charge in [0.15, 0.2) is 0 Å². The fourth-order valence-electron chi connectivity index (χ4n) is 2.84. The number of amides is 1. The molecule has 0 spiro atoms. The van der Waals surface area contributed by atoms with Gasteiger partial charge in [0.05, 0.1) is 29.7 Å². The van der Waals surface area contributed by atoms with Crippen molar-refractivity contribution in [2.24, 2.45) is 0 Å². The zero-order valence-electron chi connectivity index (χ0n) is 14.1. The molecule has 1 aliphatic heterocycles. The number of benzene rings is 1. The van der Waals surface area contributed by atoms with Crippen LogP contribution in [0.3, 0.4) is 0 Å². The van der Waals surface area contributed by atoms with Crippen LogP contribution >= 0.6 is 22.9 Å². The Bertz CT molecular complexity index is 851. The molecule has 0 bridgehead atoms. The number of morpholine rings is 1. The van der Waals surface area contributed by atoms with Crippen LogP contribution in [0, 0.1) is 13.5 Å². The van der Waals surface area contributed by atoms with Crippen molar-refractivity contribution in [3.63, 3.8) is 0 Å². The number of nitrogens with one attached hydrogen (secondary N) is 1. The quantitative estimate of drug-likeness (QED) is 0.820. The van der Waals surface area contributed by atoms with E-state index in [-0.39, 0.29) is 5.91 Å². The maximum absolute atomic E-state index is 12.5. The van der Waals surface area contributed by atoms with Gasteiger partial charge < -0.3 is 15.0 Å². The van der Waals surface area contributed by atoms with E-state index in [1.165, 1.54) is 11.3 Å². The highest BCUT2D eigenvalue weighted by Gasteiger charge is 2.27. The number of rotatable bonds is 3.